The highest BCUT2D eigenvalue weighted by atomic mass is 32.2. The molecule has 0 amide bonds. The van der Waals surface area contributed by atoms with Crippen LogP contribution in [0.2, 0.25) is 0 Å². The molecule has 0 aliphatic carbocycles. The highest BCUT2D eigenvalue weighted by Crippen LogP contribution is 2.18. The van der Waals surface area contributed by atoms with E-state index in [1.807, 2.05) is 0 Å². The van der Waals surface area contributed by atoms with E-state index < -0.39 is 10.0 Å². The molecule has 96 valence electrons. The van der Waals surface area contributed by atoms with Gasteiger partial charge in [-0.1, -0.05) is 13.8 Å². The van der Waals surface area contributed by atoms with Crippen molar-refractivity contribution in [3.63, 3.8) is 0 Å². The third-order valence-corrected chi connectivity index (χ3v) is 4.47. The van der Waals surface area contributed by atoms with Crippen molar-refractivity contribution in [2.75, 3.05) is 32.9 Å². The van der Waals surface area contributed by atoms with Crippen LogP contribution in [0.4, 0.5) is 0 Å². The van der Waals surface area contributed by atoms with Crippen molar-refractivity contribution in [1.29, 1.82) is 0 Å². The summed E-state index contributed by atoms with van der Waals surface area (Å²) < 4.78 is 24.3. The molecule has 0 spiro atoms. The second-order valence-corrected chi connectivity index (χ2v) is 7.21. The lowest BCUT2D eigenvalue weighted by molar-refractivity contribution is 0.155. The molecule has 0 N–H and O–H groups in total. The molecule has 0 aromatic heterocycles. The van der Waals surface area contributed by atoms with Crippen LogP contribution < -0.4 is 0 Å². The van der Waals surface area contributed by atoms with E-state index in [1.54, 1.807) is 4.31 Å². The molecule has 0 saturated carbocycles. The number of sulfonamides is 1. The number of nitrogens with zero attached hydrogens (tertiary/aromatic N) is 2. The third-order valence-electron chi connectivity index (χ3n) is 3.17. The molecule has 0 radical (unpaired) electrons. The van der Waals surface area contributed by atoms with Crippen LogP contribution in [-0.4, -0.2) is 56.6 Å². The minimum atomic E-state index is -2.98. The lowest BCUT2D eigenvalue weighted by Gasteiger charge is -2.36. The lowest BCUT2D eigenvalue weighted by Crippen LogP contribution is -2.45. The van der Waals surface area contributed by atoms with Gasteiger partial charge in [0.2, 0.25) is 10.0 Å². The Morgan fingerprint density at radius 1 is 1.31 bits per heavy atom. The van der Waals surface area contributed by atoms with Crippen LogP contribution in [0.1, 0.15) is 26.7 Å². The van der Waals surface area contributed by atoms with E-state index in [1.165, 1.54) is 6.26 Å². The van der Waals surface area contributed by atoms with Crippen LogP contribution in [0.25, 0.3) is 0 Å². The largest absolute Gasteiger partial charge is 0.303 e. The summed E-state index contributed by atoms with van der Waals surface area (Å²) in [5.41, 5.74) is 0. The van der Waals surface area contributed by atoms with Crippen molar-refractivity contribution in [1.82, 2.24) is 9.21 Å². The summed E-state index contributed by atoms with van der Waals surface area (Å²) in [5, 5.41) is 0. The first kappa shape index (κ1) is 13.9. The molecule has 1 saturated heterocycles. The van der Waals surface area contributed by atoms with Gasteiger partial charge in [-0.15, -0.1) is 0 Å². The molecular formula is C11H24N2O2S. The van der Waals surface area contributed by atoms with Crippen molar-refractivity contribution in [2.45, 2.75) is 32.7 Å². The van der Waals surface area contributed by atoms with E-state index in [9.17, 15) is 8.42 Å². The monoisotopic (exact) mass is 248 g/mol. The Kier molecular flexibility index (Phi) is 4.76. The Morgan fingerprint density at radius 2 is 1.81 bits per heavy atom. The molecule has 0 aromatic carbocycles. The van der Waals surface area contributed by atoms with Gasteiger partial charge in [0.1, 0.15) is 0 Å². The zero-order chi connectivity index (χ0) is 12.3. The van der Waals surface area contributed by atoms with Gasteiger partial charge >= 0.3 is 0 Å². The highest BCUT2D eigenvalue weighted by molar-refractivity contribution is 7.88. The first-order valence-electron chi connectivity index (χ1n) is 5.96. The molecule has 0 aromatic rings. The molecule has 1 heterocycles. The SMILES string of the molecule is CC(C)CN(C)C1CCN(S(C)(=O)=O)CC1. The van der Waals surface area contributed by atoms with Crippen LogP contribution >= 0.6 is 0 Å². The molecule has 4 nitrogen and oxygen atoms in total. The number of piperidine rings is 1. The van der Waals surface area contributed by atoms with E-state index in [0.717, 1.165) is 19.4 Å². The van der Waals surface area contributed by atoms with Gasteiger partial charge in [-0.3, -0.25) is 0 Å². The van der Waals surface area contributed by atoms with Gasteiger partial charge in [0.25, 0.3) is 0 Å². The minimum Gasteiger partial charge on any atom is -0.303 e. The summed E-state index contributed by atoms with van der Waals surface area (Å²) in [4.78, 5) is 2.37. The molecular weight excluding hydrogens is 224 g/mol. The van der Waals surface area contributed by atoms with E-state index in [4.69, 9.17) is 0 Å². The second kappa shape index (κ2) is 5.47. The van der Waals surface area contributed by atoms with Gasteiger partial charge in [-0.2, -0.15) is 0 Å². The fourth-order valence-corrected chi connectivity index (χ4v) is 3.21. The number of hydrogen-bond acceptors (Lipinski definition) is 3. The highest BCUT2D eigenvalue weighted by Gasteiger charge is 2.26. The van der Waals surface area contributed by atoms with Crippen LogP contribution in [0.5, 0.6) is 0 Å². The smallest absolute Gasteiger partial charge is 0.211 e. The van der Waals surface area contributed by atoms with Gasteiger partial charge in [0.15, 0.2) is 0 Å². The first-order chi connectivity index (χ1) is 7.30. The predicted octanol–water partition coefficient (Wildman–Crippen LogP) is 0.998. The first-order valence-corrected chi connectivity index (χ1v) is 7.81. The van der Waals surface area contributed by atoms with Gasteiger partial charge in [0, 0.05) is 25.7 Å². The van der Waals surface area contributed by atoms with Crippen molar-refractivity contribution in [2.24, 2.45) is 5.92 Å². The van der Waals surface area contributed by atoms with Gasteiger partial charge in [-0.05, 0) is 25.8 Å². The van der Waals surface area contributed by atoms with Crippen molar-refractivity contribution >= 4 is 10.0 Å². The second-order valence-electron chi connectivity index (χ2n) is 5.23. The van der Waals surface area contributed by atoms with Crippen molar-refractivity contribution < 1.29 is 8.42 Å². The molecule has 1 aliphatic rings. The molecule has 5 heteroatoms. The maximum atomic E-state index is 11.4. The molecule has 16 heavy (non-hydrogen) atoms. The zero-order valence-electron chi connectivity index (χ0n) is 10.8. The molecule has 0 bridgehead atoms. The predicted molar refractivity (Wildman–Crippen MR) is 66.9 cm³/mol. The quantitative estimate of drug-likeness (QED) is 0.745. The molecule has 0 atom stereocenters. The number of hydrogen-bond donors (Lipinski definition) is 0. The Hall–Kier alpha value is -0.130. The topological polar surface area (TPSA) is 40.6 Å². The normalized spacial score (nSPS) is 20.9. The van der Waals surface area contributed by atoms with Crippen LogP contribution in [0, 0.1) is 5.92 Å². The summed E-state index contributed by atoms with van der Waals surface area (Å²) >= 11 is 0. The Bertz CT molecular complexity index is 306. The summed E-state index contributed by atoms with van der Waals surface area (Å²) in [6, 6.07) is 0.542. The third kappa shape index (κ3) is 4.03. The number of rotatable bonds is 4. The zero-order valence-corrected chi connectivity index (χ0v) is 11.6. The van der Waals surface area contributed by atoms with Gasteiger partial charge in [0.05, 0.1) is 6.26 Å². The Balaban J connectivity index is 2.43. The van der Waals surface area contributed by atoms with E-state index in [0.29, 0.717) is 25.0 Å². The minimum absolute atomic E-state index is 0.542. The fraction of sp³-hybridized carbons (Fsp3) is 1.00. The van der Waals surface area contributed by atoms with E-state index in [2.05, 4.69) is 25.8 Å². The van der Waals surface area contributed by atoms with Gasteiger partial charge in [-0.25, -0.2) is 12.7 Å². The maximum Gasteiger partial charge on any atom is 0.211 e. The Labute approximate surface area is 99.7 Å². The maximum absolute atomic E-state index is 11.4. The molecule has 0 unspecified atom stereocenters. The van der Waals surface area contributed by atoms with Crippen LogP contribution in [0.15, 0.2) is 0 Å². The average molecular weight is 248 g/mol. The summed E-state index contributed by atoms with van der Waals surface area (Å²) in [6.45, 7) is 6.85. The van der Waals surface area contributed by atoms with Crippen molar-refractivity contribution in [3.8, 4) is 0 Å². The molecule has 1 fully saturated rings. The van der Waals surface area contributed by atoms with E-state index in [-0.39, 0.29) is 0 Å². The average Bonchev–Trinajstić information content (AvgIpc) is 2.15. The lowest BCUT2D eigenvalue weighted by atomic mass is 10.0. The van der Waals surface area contributed by atoms with Gasteiger partial charge < -0.3 is 4.90 Å². The summed E-state index contributed by atoms with van der Waals surface area (Å²) in [5.74, 6) is 0.665. The molecule has 1 rings (SSSR count). The standard InChI is InChI=1S/C11H24N2O2S/c1-10(2)9-12(3)11-5-7-13(8-6-11)16(4,14)15/h10-11H,5-9H2,1-4H3. The van der Waals surface area contributed by atoms with Crippen molar-refractivity contribution in [3.05, 3.63) is 0 Å². The Morgan fingerprint density at radius 3 is 2.19 bits per heavy atom. The van der Waals surface area contributed by atoms with E-state index >= 15 is 0 Å². The summed E-state index contributed by atoms with van der Waals surface area (Å²) in [7, 11) is -0.844. The van der Waals surface area contributed by atoms with Crippen LogP contribution in [0.3, 0.4) is 0 Å². The molecule has 1 aliphatic heterocycles. The van der Waals surface area contributed by atoms with Crippen LogP contribution in [-0.2, 0) is 10.0 Å². The fourth-order valence-electron chi connectivity index (χ4n) is 2.34. The summed E-state index contributed by atoms with van der Waals surface area (Å²) in [6.07, 6.45) is 3.21.